The molecule has 1 atom stereocenters. The molecule has 1 amide bonds. The van der Waals surface area contributed by atoms with Crippen LogP contribution in [0.4, 0.5) is 11.4 Å². The van der Waals surface area contributed by atoms with Gasteiger partial charge in [-0.1, -0.05) is 46.9 Å². The van der Waals surface area contributed by atoms with Crippen molar-refractivity contribution < 1.29 is 19.1 Å². The number of hydrazone groups is 1. The van der Waals surface area contributed by atoms with Crippen LogP contribution < -0.4 is 14.6 Å². The highest BCUT2D eigenvalue weighted by Gasteiger charge is 2.39. The van der Waals surface area contributed by atoms with Gasteiger partial charge in [-0.3, -0.25) is 14.5 Å². The van der Waals surface area contributed by atoms with Gasteiger partial charge in [0.05, 0.1) is 28.9 Å². The number of ketones is 1. The van der Waals surface area contributed by atoms with Crippen molar-refractivity contribution >= 4 is 63.7 Å². The monoisotopic (exact) mass is 586 g/mol. The lowest BCUT2D eigenvalue weighted by Crippen LogP contribution is -2.42. The molecule has 5 rings (SSSR count). The van der Waals surface area contributed by atoms with E-state index in [0.717, 1.165) is 11.3 Å². The molecule has 2 aliphatic heterocycles. The minimum Gasteiger partial charge on any atom is -0.484 e. The first-order chi connectivity index (χ1) is 18.8. The van der Waals surface area contributed by atoms with Crippen LogP contribution in [0.3, 0.4) is 0 Å². The summed E-state index contributed by atoms with van der Waals surface area (Å²) in [5.41, 5.74) is 2.21. The van der Waals surface area contributed by atoms with E-state index < -0.39 is 6.17 Å². The maximum absolute atomic E-state index is 12.8. The summed E-state index contributed by atoms with van der Waals surface area (Å²) < 4.78 is 11.1. The summed E-state index contributed by atoms with van der Waals surface area (Å²) in [6.45, 7) is 3.59. The third-order valence-electron chi connectivity index (χ3n) is 6.40. The summed E-state index contributed by atoms with van der Waals surface area (Å²) >= 11 is 18.7. The Hall–Kier alpha value is -3.30. The van der Waals surface area contributed by atoms with Crippen molar-refractivity contribution in [2.45, 2.75) is 13.1 Å². The van der Waals surface area contributed by atoms with Crippen LogP contribution in [0.1, 0.15) is 18.7 Å². The average molecular weight is 588 g/mol. The Kier molecular flexibility index (Phi) is 8.28. The van der Waals surface area contributed by atoms with Crippen molar-refractivity contribution in [1.82, 2.24) is 4.90 Å². The van der Waals surface area contributed by atoms with Gasteiger partial charge in [0.1, 0.15) is 5.75 Å². The molecule has 0 aromatic heterocycles. The Morgan fingerprint density at radius 3 is 2.23 bits per heavy atom. The van der Waals surface area contributed by atoms with Crippen molar-refractivity contribution in [1.29, 1.82) is 0 Å². The standard InChI is InChI=1S/C28H25Cl3N4O4/c1-18(36)27-32-35(21-6-4-20(29)5-7-21)28(34(27)22-8-11-24(30)25(31)16-22)19-2-9-23(10-3-19)39-17-26(37)33-12-14-38-15-13-33/h2-11,16,28H,12-15,17H2,1H3. The molecule has 1 fully saturated rings. The van der Waals surface area contributed by atoms with Crippen molar-refractivity contribution in [2.24, 2.45) is 5.10 Å². The van der Waals surface area contributed by atoms with Crippen molar-refractivity contribution in [3.8, 4) is 5.75 Å². The molecule has 1 unspecified atom stereocenters. The lowest BCUT2D eigenvalue weighted by atomic mass is 10.1. The van der Waals surface area contributed by atoms with Crippen molar-refractivity contribution in [3.63, 3.8) is 0 Å². The van der Waals surface area contributed by atoms with E-state index in [1.807, 2.05) is 29.2 Å². The minimum absolute atomic E-state index is 0.0628. The Bertz CT molecular complexity index is 1390. The molecule has 2 heterocycles. The summed E-state index contributed by atoms with van der Waals surface area (Å²) in [7, 11) is 0. The molecule has 0 aliphatic carbocycles. The zero-order valence-corrected chi connectivity index (χ0v) is 23.3. The molecule has 11 heteroatoms. The Balaban J connectivity index is 1.46. The number of rotatable bonds is 7. The second kappa shape index (κ2) is 11.8. The molecule has 0 bridgehead atoms. The molecule has 0 spiro atoms. The summed E-state index contributed by atoms with van der Waals surface area (Å²) in [6, 6.07) is 19.7. The van der Waals surface area contributed by atoms with Gasteiger partial charge in [0.2, 0.25) is 0 Å². The number of anilines is 2. The van der Waals surface area contributed by atoms with Crippen LogP contribution in [-0.4, -0.2) is 55.3 Å². The zero-order valence-electron chi connectivity index (χ0n) is 21.0. The number of carbonyl (C=O) groups is 2. The van der Waals surface area contributed by atoms with Crippen LogP contribution in [0.2, 0.25) is 15.1 Å². The molecule has 0 saturated carbocycles. The Morgan fingerprint density at radius 1 is 0.923 bits per heavy atom. The van der Waals surface area contributed by atoms with E-state index in [2.05, 4.69) is 0 Å². The number of amides is 1. The molecule has 3 aromatic rings. The van der Waals surface area contributed by atoms with Gasteiger partial charge in [0.25, 0.3) is 5.91 Å². The summed E-state index contributed by atoms with van der Waals surface area (Å²) in [5, 5.41) is 7.80. The van der Waals surface area contributed by atoms with Crippen LogP contribution in [-0.2, 0) is 14.3 Å². The molecule has 0 radical (unpaired) electrons. The third-order valence-corrected chi connectivity index (χ3v) is 7.39. The first-order valence-corrected chi connectivity index (χ1v) is 13.4. The SMILES string of the molecule is CC(=O)C1=NN(c2ccc(Cl)cc2)C(c2ccc(OCC(=O)N3CCOCC3)cc2)N1c1ccc(Cl)c(Cl)c1. The van der Waals surface area contributed by atoms with Crippen LogP contribution in [0.15, 0.2) is 71.8 Å². The highest BCUT2D eigenvalue weighted by Crippen LogP contribution is 2.41. The maximum Gasteiger partial charge on any atom is 0.260 e. The molecule has 3 aromatic carbocycles. The predicted octanol–water partition coefficient (Wildman–Crippen LogP) is 5.81. The lowest BCUT2D eigenvalue weighted by molar-refractivity contribution is -0.137. The average Bonchev–Trinajstić information content (AvgIpc) is 3.35. The number of halogens is 3. The molecule has 39 heavy (non-hydrogen) atoms. The smallest absolute Gasteiger partial charge is 0.260 e. The first-order valence-electron chi connectivity index (χ1n) is 12.3. The van der Waals surface area contributed by atoms with Crippen LogP contribution in [0, 0.1) is 0 Å². The quantitative estimate of drug-likeness (QED) is 0.347. The molecule has 1 saturated heterocycles. The van der Waals surface area contributed by atoms with Crippen LogP contribution in [0.5, 0.6) is 5.75 Å². The third kappa shape index (κ3) is 5.99. The van der Waals surface area contributed by atoms with Gasteiger partial charge < -0.3 is 14.4 Å². The van der Waals surface area contributed by atoms with Crippen molar-refractivity contribution in [2.75, 3.05) is 42.8 Å². The minimum atomic E-state index is -0.536. The molecular formula is C28H25Cl3N4O4. The van der Waals surface area contributed by atoms with Gasteiger partial charge in [-0.15, -0.1) is 5.10 Å². The Morgan fingerprint density at radius 2 is 1.59 bits per heavy atom. The van der Waals surface area contributed by atoms with Crippen molar-refractivity contribution in [3.05, 3.63) is 87.4 Å². The van der Waals surface area contributed by atoms with Gasteiger partial charge in [-0.05, 0) is 60.2 Å². The lowest BCUT2D eigenvalue weighted by Gasteiger charge is -2.32. The van der Waals surface area contributed by atoms with Gasteiger partial charge in [-0.2, -0.15) is 0 Å². The number of Topliss-reactive ketones (excluding diaryl/α,β-unsaturated/α-hetero) is 1. The maximum atomic E-state index is 12.8. The predicted molar refractivity (Wildman–Crippen MR) is 153 cm³/mol. The van der Waals surface area contributed by atoms with Gasteiger partial charge in [0.15, 0.2) is 24.4 Å². The van der Waals surface area contributed by atoms with E-state index in [4.69, 9.17) is 49.4 Å². The van der Waals surface area contributed by atoms with E-state index in [1.54, 1.807) is 52.4 Å². The van der Waals surface area contributed by atoms with Crippen LogP contribution in [0.25, 0.3) is 0 Å². The number of amidine groups is 1. The van der Waals surface area contributed by atoms with Gasteiger partial charge in [0, 0.05) is 30.7 Å². The normalized spacial score (nSPS) is 17.3. The van der Waals surface area contributed by atoms with E-state index >= 15 is 0 Å². The van der Waals surface area contributed by atoms with Gasteiger partial charge in [-0.25, -0.2) is 5.01 Å². The zero-order chi connectivity index (χ0) is 27.5. The van der Waals surface area contributed by atoms with Gasteiger partial charge >= 0.3 is 0 Å². The second-order valence-electron chi connectivity index (χ2n) is 8.99. The fourth-order valence-electron chi connectivity index (χ4n) is 4.44. The highest BCUT2D eigenvalue weighted by atomic mass is 35.5. The number of hydrogen-bond donors (Lipinski definition) is 0. The Labute approximate surface area is 241 Å². The molecule has 2 aliphatic rings. The van der Waals surface area contributed by atoms with E-state index in [-0.39, 0.29) is 24.1 Å². The summed E-state index contributed by atoms with van der Waals surface area (Å²) in [5.74, 6) is 0.483. The molecule has 202 valence electrons. The van der Waals surface area contributed by atoms with E-state index in [9.17, 15) is 9.59 Å². The number of carbonyl (C=O) groups excluding carboxylic acids is 2. The highest BCUT2D eigenvalue weighted by molar-refractivity contribution is 6.45. The number of nitrogens with zero attached hydrogens (tertiary/aromatic N) is 4. The number of ether oxygens (including phenoxy) is 2. The molecular weight excluding hydrogens is 563 g/mol. The number of benzene rings is 3. The number of morpholine rings is 1. The second-order valence-corrected chi connectivity index (χ2v) is 10.2. The fraction of sp³-hybridized carbons (Fsp3) is 0.250. The fourth-order valence-corrected chi connectivity index (χ4v) is 4.86. The van der Waals surface area contributed by atoms with E-state index in [0.29, 0.717) is 52.8 Å². The number of hydrogen-bond acceptors (Lipinski definition) is 7. The van der Waals surface area contributed by atoms with Crippen LogP contribution >= 0.6 is 34.8 Å². The summed E-state index contributed by atoms with van der Waals surface area (Å²) in [6.07, 6.45) is -0.536. The molecule has 0 N–H and O–H groups in total. The topological polar surface area (TPSA) is 74.7 Å². The van der Waals surface area contributed by atoms with E-state index in [1.165, 1.54) is 6.92 Å². The largest absolute Gasteiger partial charge is 0.484 e. The summed E-state index contributed by atoms with van der Waals surface area (Å²) in [4.78, 5) is 28.8. The first kappa shape index (κ1) is 27.3. The molecule has 8 nitrogen and oxygen atoms in total.